The minimum absolute atomic E-state index is 0.0612. The number of hydrogen-bond acceptors (Lipinski definition) is 3. The summed E-state index contributed by atoms with van der Waals surface area (Å²) in [5, 5.41) is 0. The Bertz CT molecular complexity index is 2770. The molecule has 0 N–H and O–H groups in total. The third kappa shape index (κ3) is 6.15. The van der Waals surface area contributed by atoms with Crippen LogP contribution in [0.25, 0.3) is 84.0 Å². The second kappa shape index (κ2) is 13.5. The monoisotopic (exact) mass is 682 g/mol. The van der Waals surface area contributed by atoms with E-state index in [2.05, 4.69) is 127 Å². The smallest absolute Gasteiger partial charge is 0.295 e. The quantitative estimate of drug-likeness (QED) is 0.168. The van der Waals surface area contributed by atoms with Gasteiger partial charge in [0, 0.05) is 23.7 Å². The van der Waals surface area contributed by atoms with Gasteiger partial charge in [-0.15, -0.1) is 0 Å². The summed E-state index contributed by atoms with van der Waals surface area (Å²) in [6, 6.07) is 64.4. The zero-order chi connectivity index (χ0) is 35.7. The molecule has 0 aliphatic heterocycles. The van der Waals surface area contributed by atoms with Gasteiger partial charge in [-0.25, -0.2) is 14.8 Å². The number of rotatable bonds is 7. The zero-order valence-corrected chi connectivity index (χ0v) is 29.1. The molecule has 0 amide bonds. The van der Waals surface area contributed by atoms with Gasteiger partial charge in [0.1, 0.15) is 0 Å². The molecule has 0 aliphatic carbocycles. The average molecular weight is 683 g/mol. The maximum atomic E-state index is 13.2. The van der Waals surface area contributed by atoms with Crippen molar-refractivity contribution in [3.8, 4) is 73.0 Å². The van der Waals surface area contributed by atoms with E-state index in [-0.39, 0.29) is 5.69 Å². The van der Waals surface area contributed by atoms with Crippen LogP contribution in [-0.2, 0) is 7.05 Å². The first-order chi connectivity index (χ1) is 26.1. The fourth-order valence-electron chi connectivity index (χ4n) is 6.98. The maximum absolute atomic E-state index is 13.2. The van der Waals surface area contributed by atoms with Gasteiger partial charge in [-0.05, 0) is 69.8 Å². The summed E-state index contributed by atoms with van der Waals surface area (Å²) in [5.41, 5.74) is 14.0. The van der Waals surface area contributed by atoms with E-state index >= 15 is 0 Å². The molecule has 9 aromatic rings. The highest BCUT2D eigenvalue weighted by Crippen LogP contribution is 2.32. The Morgan fingerprint density at radius 2 is 0.830 bits per heavy atom. The van der Waals surface area contributed by atoms with Crippen molar-refractivity contribution in [3.63, 3.8) is 0 Å². The Hall–Kier alpha value is -7.11. The lowest BCUT2D eigenvalue weighted by Gasteiger charge is -2.11. The summed E-state index contributed by atoms with van der Waals surface area (Å²) in [5.74, 6) is 0.692. The molecule has 53 heavy (non-hydrogen) atoms. The van der Waals surface area contributed by atoms with E-state index in [0.717, 1.165) is 72.6 Å². The van der Waals surface area contributed by atoms with Gasteiger partial charge >= 0.3 is 5.69 Å². The van der Waals surface area contributed by atoms with Gasteiger partial charge in [0.2, 0.25) is 0 Å². The highest BCUT2D eigenvalue weighted by Gasteiger charge is 2.15. The van der Waals surface area contributed by atoms with Crippen molar-refractivity contribution in [2.75, 3.05) is 0 Å². The number of nitrogens with zero attached hydrogens (tertiary/aromatic N) is 4. The van der Waals surface area contributed by atoms with E-state index in [0.29, 0.717) is 5.82 Å². The minimum atomic E-state index is -0.0612. The molecular weight excluding hydrogens is 649 g/mol. The van der Waals surface area contributed by atoms with Gasteiger partial charge in [0.25, 0.3) is 0 Å². The molecule has 0 bridgehead atoms. The predicted molar refractivity (Wildman–Crippen MR) is 217 cm³/mol. The molecule has 0 fully saturated rings. The van der Waals surface area contributed by atoms with Crippen molar-refractivity contribution >= 4 is 11.0 Å². The number of fused-ring (bicyclic) bond motifs is 1. The molecule has 5 nitrogen and oxygen atoms in total. The van der Waals surface area contributed by atoms with Gasteiger partial charge in [0.15, 0.2) is 5.82 Å². The van der Waals surface area contributed by atoms with Crippen molar-refractivity contribution in [2.45, 2.75) is 0 Å². The second-order valence-corrected chi connectivity index (χ2v) is 13.1. The molecule has 9 rings (SSSR count). The Morgan fingerprint density at radius 1 is 0.377 bits per heavy atom. The summed E-state index contributed by atoms with van der Waals surface area (Å²) >= 11 is 0. The molecule has 0 aliphatic rings. The number of hydrogen-bond donors (Lipinski definition) is 0. The summed E-state index contributed by atoms with van der Waals surface area (Å²) in [6.07, 6.45) is 0. The third-order valence-electron chi connectivity index (χ3n) is 9.83. The van der Waals surface area contributed by atoms with Crippen LogP contribution in [0, 0.1) is 0 Å². The van der Waals surface area contributed by atoms with Crippen molar-refractivity contribution < 1.29 is 0 Å². The first-order valence-corrected chi connectivity index (χ1v) is 17.7. The van der Waals surface area contributed by atoms with Crippen LogP contribution in [-0.4, -0.2) is 19.1 Å². The summed E-state index contributed by atoms with van der Waals surface area (Å²) in [4.78, 5) is 23.3. The summed E-state index contributed by atoms with van der Waals surface area (Å²) < 4.78 is 3.48. The van der Waals surface area contributed by atoms with E-state index in [1.54, 1.807) is 9.13 Å². The van der Waals surface area contributed by atoms with Crippen molar-refractivity contribution in [2.24, 2.45) is 7.05 Å². The van der Waals surface area contributed by atoms with Crippen LogP contribution >= 0.6 is 0 Å². The molecule has 0 saturated carbocycles. The number of aryl methyl sites for hydroxylation is 1. The van der Waals surface area contributed by atoms with Crippen molar-refractivity contribution in [1.29, 1.82) is 0 Å². The van der Waals surface area contributed by atoms with Crippen molar-refractivity contribution in [3.05, 3.63) is 199 Å². The molecule has 2 heterocycles. The van der Waals surface area contributed by atoms with Crippen LogP contribution in [0.15, 0.2) is 193 Å². The molecular formula is C48H34N4O. The molecule has 0 atom stereocenters. The number of benzene rings is 7. The summed E-state index contributed by atoms with van der Waals surface area (Å²) in [6.45, 7) is 0. The van der Waals surface area contributed by atoms with Crippen LogP contribution in [0.5, 0.6) is 0 Å². The zero-order valence-electron chi connectivity index (χ0n) is 29.1. The highest BCUT2D eigenvalue weighted by atomic mass is 16.1. The Balaban J connectivity index is 1.03. The molecule has 5 heteroatoms. The maximum Gasteiger partial charge on any atom is 0.333 e. The molecule has 7 aromatic carbocycles. The van der Waals surface area contributed by atoms with Crippen LogP contribution in [0.4, 0.5) is 0 Å². The predicted octanol–water partition coefficient (Wildman–Crippen LogP) is 11.1. The number of para-hydroxylation sites is 1. The number of aromatic nitrogens is 4. The van der Waals surface area contributed by atoms with E-state index in [9.17, 15) is 4.79 Å². The molecule has 0 unspecified atom stereocenters. The Kier molecular flexibility index (Phi) is 8.14. The molecule has 0 spiro atoms. The first-order valence-electron chi connectivity index (χ1n) is 17.7. The van der Waals surface area contributed by atoms with Crippen LogP contribution < -0.4 is 5.69 Å². The lowest BCUT2D eigenvalue weighted by Crippen LogP contribution is -2.20. The Morgan fingerprint density at radius 3 is 1.47 bits per heavy atom. The van der Waals surface area contributed by atoms with Gasteiger partial charge < -0.3 is 0 Å². The normalized spacial score (nSPS) is 11.2. The van der Waals surface area contributed by atoms with Crippen LogP contribution in [0.2, 0.25) is 0 Å². The van der Waals surface area contributed by atoms with E-state index in [1.807, 2.05) is 67.7 Å². The van der Waals surface area contributed by atoms with Crippen LogP contribution in [0.1, 0.15) is 0 Å². The molecule has 0 saturated heterocycles. The molecule has 2 aromatic heterocycles. The lowest BCUT2D eigenvalue weighted by molar-refractivity contribution is 0.846. The van der Waals surface area contributed by atoms with E-state index in [4.69, 9.17) is 9.97 Å². The minimum Gasteiger partial charge on any atom is -0.295 e. The van der Waals surface area contributed by atoms with Crippen molar-refractivity contribution in [1.82, 2.24) is 19.1 Å². The van der Waals surface area contributed by atoms with Gasteiger partial charge in [-0.1, -0.05) is 152 Å². The fourth-order valence-corrected chi connectivity index (χ4v) is 6.98. The van der Waals surface area contributed by atoms with E-state index in [1.165, 1.54) is 5.56 Å². The third-order valence-corrected chi connectivity index (χ3v) is 9.83. The topological polar surface area (TPSA) is 52.7 Å². The molecule has 252 valence electrons. The lowest BCUT2D eigenvalue weighted by atomic mass is 9.98. The largest absolute Gasteiger partial charge is 0.333 e. The molecule has 0 radical (unpaired) electrons. The SMILES string of the molecule is Cn1c(=O)n(-c2ccccc2)c2cc(-c3ccc(-c4ccc(-c5cc(-c6cccc(-c7ccccc7)c6)nc(-c6ccccc6)n5)cc4)cc3)ccc21. The standard InChI is InChI=1S/C48H34N4O/c1-51-45-29-28-40(31-46(45)52(48(51)53)42-18-9-4-10-19-42)36-22-20-34(21-23-36)35-24-26-37(27-25-35)43-32-44(50-47(49-43)38-14-7-3-8-15-38)41-17-11-16-39(30-41)33-12-5-2-6-13-33/h2-32H,1H3. The average Bonchev–Trinajstić information content (AvgIpc) is 3.49. The van der Waals surface area contributed by atoms with E-state index < -0.39 is 0 Å². The summed E-state index contributed by atoms with van der Waals surface area (Å²) in [7, 11) is 1.82. The second-order valence-electron chi connectivity index (χ2n) is 13.1. The van der Waals surface area contributed by atoms with Crippen LogP contribution in [0.3, 0.4) is 0 Å². The first kappa shape index (κ1) is 31.8. The van der Waals surface area contributed by atoms with Gasteiger partial charge in [-0.3, -0.25) is 9.13 Å². The highest BCUT2D eigenvalue weighted by molar-refractivity contribution is 5.85. The number of imidazole rings is 1. The fraction of sp³-hybridized carbons (Fsp3) is 0.0208. The Labute approximate surface area is 307 Å². The van der Waals surface area contributed by atoms with Gasteiger partial charge in [0.05, 0.1) is 28.1 Å². The van der Waals surface area contributed by atoms with Gasteiger partial charge in [-0.2, -0.15) is 0 Å².